The minimum Gasteiger partial charge on any atom is -0.472 e. The molecule has 6 nitrogen and oxygen atoms in total. The fourth-order valence-corrected chi connectivity index (χ4v) is 3.03. The molecule has 0 aliphatic carbocycles. The highest BCUT2D eigenvalue weighted by Gasteiger charge is 2.13. The fraction of sp³-hybridized carbons (Fsp3) is 0. The van der Waals surface area contributed by atoms with E-state index in [9.17, 15) is 0 Å². The number of rotatable bonds is 5. The Morgan fingerprint density at radius 3 is 2.64 bits per heavy atom. The summed E-state index contributed by atoms with van der Waals surface area (Å²) in [4.78, 5) is 9.01. The van der Waals surface area contributed by atoms with E-state index in [-0.39, 0.29) is 0 Å². The van der Waals surface area contributed by atoms with E-state index in [0.29, 0.717) is 17.2 Å². The summed E-state index contributed by atoms with van der Waals surface area (Å²) in [6.45, 7) is 0. The number of fused-ring (bicyclic) bond motifs is 1. The summed E-state index contributed by atoms with van der Waals surface area (Å²) in [5.41, 5.74) is 3.41. The van der Waals surface area contributed by atoms with Gasteiger partial charge in [0.15, 0.2) is 17.2 Å². The zero-order valence-electron chi connectivity index (χ0n) is 14.8. The smallest absolute Gasteiger partial charge is 0.180 e. The third kappa shape index (κ3) is 2.97. The van der Waals surface area contributed by atoms with Crippen LogP contribution in [0.1, 0.15) is 0 Å². The zero-order valence-corrected chi connectivity index (χ0v) is 14.8. The summed E-state index contributed by atoms with van der Waals surface area (Å²) in [5.74, 6) is 2.12. The first-order chi connectivity index (χ1) is 13.9. The number of imidazole rings is 1. The minimum atomic E-state index is 0.640. The highest BCUT2D eigenvalue weighted by Crippen LogP contribution is 2.32. The number of para-hydroxylation sites is 3. The van der Waals surface area contributed by atoms with Gasteiger partial charge in [-0.1, -0.05) is 30.3 Å². The predicted octanol–water partition coefficient (Wildman–Crippen LogP) is 5.53. The van der Waals surface area contributed by atoms with E-state index >= 15 is 0 Å². The molecule has 5 rings (SSSR count). The third-order valence-electron chi connectivity index (χ3n) is 4.36. The molecule has 0 aliphatic heterocycles. The Hall–Kier alpha value is -4.06. The van der Waals surface area contributed by atoms with Gasteiger partial charge in [-0.2, -0.15) is 0 Å². The van der Waals surface area contributed by atoms with Gasteiger partial charge in [-0.3, -0.25) is 4.40 Å². The lowest BCUT2D eigenvalue weighted by Crippen LogP contribution is -2.00. The standard InChI is InChI=1S/C22H16N4O2/c1-2-6-17(7-3-1)28-20-9-5-4-8-18(20)25-21-22-24-14-19(16-10-13-27-15-16)26(22)12-11-23-21/h1-15H,(H,23,25). The molecule has 5 aromatic rings. The second-order valence-corrected chi connectivity index (χ2v) is 6.16. The second-order valence-electron chi connectivity index (χ2n) is 6.16. The molecule has 0 aliphatic rings. The van der Waals surface area contributed by atoms with Crippen LogP contribution in [-0.2, 0) is 0 Å². The largest absolute Gasteiger partial charge is 0.472 e. The van der Waals surface area contributed by atoms with Crippen molar-refractivity contribution in [2.24, 2.45) is 0 Å². The van der Waals surface area contributed by atoms with Gasteiger partial charge in [0.25, 0.3) is 0 Å². The molecule has 6 heteroatoms. The van der Waals surface area contributed by atoms with Crippen LogP contribution >= 0.6 is 0 Å². The Kier molecular flexibility index (Phi) is 3.99. The summed E-state index contributed by atoms with van der Waals surface area (Å²) < 4.78 is 13.2. The van der Waals surface area contributed by atoms with Gasteiger partial charge in [-0.25, -0.2) is 9.97 Å². The van der Waals surface area contributed by atoms with Crippen molar-refractivity contribution in [3.05, 3.63) is 91.8 Å². The molecule has 0 fully saturated rings. The average molecular weight is 368 g/mol. The van der Waals surface area contributed by atoms with E-state index in [4.69, 9.17) is 9.15 Å². The minimum absolute atomic E-state index is 0.640. The first-order valence-electron chi connectivity index (χ1n) is 8.82. The molecule has 0 saturated heterocycles. The molecular weight excluding hydrogens is 352 g/mol. The monoisotopic (exact) mass is 368 g/mol. The number of nitrogens with zero attached hydrogens (tertiary/aromatic N) is 3. The van der Waals surface area contributed by atoms with Crippen molar-refractivity contribution in [3.63, 3.8) is 0 Å². The van der Waals surface area contributed by atoms with Crippen molar-refractivity contribution >= 4 is 17.2 Å². The first-order valence-corrected chi connectivity index (χ1v) is 8.82. The topological polar surface area (TPSA) is 64.6 Å². The van der Waals surface area contributed by atoms with Crippen LogP contribution in [0.2, 0.25) is 0 Å². The Morgan fingerprint density at radius 2 is 1.79 bits per heavy atom. The van der Waals surface area contributed by atoms with Crippen LogP contribution in [0.3, 0.4) is 0 Å². The van der Waals surface area contributed by atoms with E-state index in [1.54, 1.807) is 24.9 Å². The van der Waals surface area contributed by atoms with Crippen molar-refractivity contribution < 1.29 is 9.15 Å². The van der Waals surface area contributed by atoms with Gasteiger partial charge in [0.05, 0.1) is 30.1 Å². The Balaban J connectivity index is 1.51. The normalized spacial score (nSPS) is 10.9. The number of furan rings is 1. The highest BCUT2D eigenvalue weighted by molar-refractivity contribution is 5.76. The van der Waals surface area contributed by atoms with Crippen LogP contribution in [0.15, 0.2) is 96.2 Å². The fourth-order valence-electron chi connectivity index (χ4n) is 3.03. The Labute approximate surface area is 161 Å². The van der Waals surface area contributed by atoms with Crippen molar-refractivity contribution in [3.8, 4) is 22.8 Å². The number of ether oxygens (including phenoxy) is 1. The van der Waals surface area contributed by atoms with Crippen LogP contribution in [0.25, 0.3) is 16.9 Å². The molecule has 1 N–H and O–H groups in total. The van der Waals surface area contributed by atoms with Crippen molar-refractivity contribution in [2.75, 3.05) is 5.32 Å². The quantitative estimate of drug-likeness (QED) is 0.442. The lowest BCUT2D eigenvalue weighted by atomic mass is 10.2. The lowest BCUT2D eigenvalue weighted by Gasteiger charge is -2.13. The first kappa shape index (κ1) is 16.1. The van der Waals surface area contributed by atoms with Crippen molar-refractivity contribution in [1.29, 1.82) is 0 Å². The van der Waals surface area contributed by atoms with Gasteiger partial charge in [0.1, 0.15) is 5.75 Å². The molecule has 136 valence electrons. The molecular formula is C22H16N4O2. The number of anilines is 2. The number of hydrogen-bond donors (Lipinski definition) is 1. The van der Waals surface area contributed by atoms with Gasteiger partial charge in [0.2, 0.25) is 0 Å². The highest BCUT2D eigenvalue weighted by atomic mass is 16.5. The van der Waals surface area contributed by atoms with Gasteiger partial charge in [-0.15, -0.1) is 0 Å². The molecule has 0 unspecified atom stereocenters. The van der Waals surface area contributed by atoms with Gasteiger partial charge in [0, 0.05) is 18.0 Å². The molecule has 0 radical (unpaired) electrons. The number of aromatic nitrogens is 3. The van der Waals surface area contributed by atoms with Crippen LogP contribution in [-0.4, -0.2) is 14.4 Å². The van der Waals surface area contributed by atoms with Gasteiger partial charge in [-0.05, 0) is 30.3 Å². The molecule has 0 spiro atoms. The molecule has 3 aromatic heterocycles. The maximum Gasteiger partial charge on any atom is 0.180 e. The van der Waals surface area contributed by atoms with E-state index in [0.717, 1.165) is 22.7 Å². The van der Waals surface area contributed by atoms with Crippen LogP contribution in [0.5, 0.6) is 11.5 Å². The lowest BCUT2D eigenvalue weighted by molar-refractivity contribution is 0.485. The molecule has 0 bridgehead atoms. The summed E-state index contributed by atoms with van der Waals surface area (Å²) in [7, 11) is 0. The third-order valence-corrected chi connectivity index (χ3v) is 4.36. The van der Waals surface area contributed by atoms with Crippen molar-refractivity contribution in [2.45, 2.75) is 0 Å². The molecule has 0 atom stereocenters. The average Bonchev–Trinajstić information content (AvgIpc) is 3.40. The van der Waals surface area contributed by atoms with Crippen molar-refractivity contribution in [1.82, 2.24) is 14.4 Å². The van der Waals surface area contributed by atoms with E-state index in [2.05, 4.69) is 15.3 Å². The summed E-state index contributed by atoms with van der Waals surface area (Å²) in [6, 6.07) is 19.3. The molecule has 0 amide bonds. The van der Waals surface area contributed by atoms with E-state index in [1.807, 2.05) is 71.3 Å². The number of nitrogens with one attached hydrogen (secondary N) is 1. The number of hydrogen-bond acceptors (Lipinski definition) is 5. The molecule has 2 aromatic carbocycles. The summed E-state index contributed by atoms with van der Waals surface area (Å²) in [6.07, 6.45) is 8.76. The predicted molar refractivity (Wildman–Crippen MR) is 107 cm³/mol. The summed E-state index contributed by atoms with van der Waals surface area (Å²) >= 11 is 0. The number of benzene rings is 2. The summed E-state index contributed by atoms with van der Waals surface area (Å²) in [5, 5.41) is 3.35. The van der Waals surface area contributed by atoms with Gasteiger partial charge < -0.3 is 14.5 Å². The Bertz CT molecular complexity index is 1210. The Morgan fingerprint density at radius 1 is 0.929 bits per heavy atom. The van der Waals surface area contributed by atoms with E-state index in [1.165, 1.54) is 0 Å². The van der Waals surface area contributed by atoms with Crippen LogP contribution in [0, 0.1) is 0 Å². The van der Waals surface area contributed by atoms with Crippen LogP contribution in [0.4, 0.5) is 11.5 Å². The second kappa shape index (κ2) is 6.92. The van der Waals surface area contributed by atoms with Gasteiger partial charge >= 0.3 is 0 Å². The molecule has 0 saturated carbocycles. The zero-order chi connectivity index (χ0) is 18.8. The maximum absolute atomic E-state index is 6.03. The van der Waals surface area contributed by atoms with E-state index < -0.39 is 0 Å². The SMILES string of the molecule is c1ccc(Oc2ccccc2Nc2nccn3c(-c4ccoc4)cnc23)cc1. The molecule has 3 heterocycles. The molecule has 28 heavy (non-hydrogen) atoms. The van der Waals surface area contributed by atoms with Crippen LogP contribution < -0.4 is 10.1 Å². The maximum atomic E-state index is 6.03.